The number of hydrogen-bond acceptors (Lipinski definition) is 6. The number of hydrogen-bond donors (Lipinski definition) is 3. The van der Waals surface area contributed by atoms with Crippen molar-refractivity contribution in [3.05, 3.63) is 70.7 Å². The van der Waals surface area contributed by atoms with Crippen LogP contribution in [-0.4, -0.2) is 40.7 Å². The van der Waals surface area contributed by atoms with Crippen molar-refractivity contribution < 1.29 is 24.2 Å². The van der Waals surface area contributed by atoms with Crippen molar-refractivity contribution in [2.24, 2.45) is 0 Å². The summed E-state index contributed by atoms with van der Waals surface area (Å²) in [5.41, 5.74) is 4.30. The number of rotatable bonds is 7. The van der Waals surface area contributed by atoms with E-state index in [0.717, 1.165) is 27.1 Å². The van der Waals surface area contributed by atoms with Crippen molar-refractivity contribution in [1.82, 2.24) is 10.3 Å². The highest BCUT2D eigenvalue weighted by atomic mass is 32.1. The largest absolute Gasteiger partial charge is 0.481 e. The smallest absolute Gasteiger partial charge is 0.407 e. The maximum absolute atomic E-state index is 12.5. The van der Waals surface area contributed by atoms with Gasteiger partial charge in [-0.3, -0.25) is 9.59 Å². The first-order valence-corrected chi connectivity index (χ1v) is 10.8. The summed E-state index contributed by atoms with van der Waals surface area (Å²) >= 11 is 1.25. The summed E-state index contributed by atoms with van der Waals surface area (Å²) in [5.74, 6) is -2.03. The molecule has 8 nitrogen and oxygen atoms in total. The van der Waals surface area contributed by atoms with Crippen LogP contribution in [-0.2, 0) is 14.3 Å². The SMILES string of the molecule is Cc1cnc(NC(=O)C(CC(=O)O)NC(=O)OCC2c3ccccc3-c3ccccc32)s1. The van der Waals surface area contributed by atoms with Gasteiger partial charge >= 0.3 is 12.1 Å². The topological polar surface area (TPSA) is 118 Å². The van der Waals surface area contributed by atoms with Crippen LogP contribution in [0.3, 0.4) is 0 Å². The second kappa shape index (κ2) is 9.19. The minimum atomic E-state index is -1.30. The fraction of sp³-hybridized carbons (Fsp3) is 0.217. The zero-order valence-electron chi connectivity index (χ0n) is 17.2. The van der Waals surface area contributed by atoms with E-state index in [-0.39, 0.29) is 12.5 Å². The Labute approximate surface area is 188 Å². The van der Waals surface area contributed by atoms with Gasteiger partial charge in [0.25, 0.3) is 0 Å². The minimum Gasteiger partial charge on any atom is -0.481 e. The average Bonchev–Trinajstić information content (AvgIpc) is 3.32. The number of ether oxygens (including phenoxy) is 1. The number of carbonyl (C=O) groups excluding carboxylic acids is 2. The quantitative estimate of drug-likeness (QED) is 0.503. The van der Waals surface area contributed by atoms with Crippen molar-refractivity contribution in [2.75, 3.05) is 11.9 Å². The molecule has 9 heteroatoms. The van der Waals surface area contributed by atoms with Crippen LogP contribution in [0.25, 0.3) is 11.1 Å². The molecule has 2 amide bonds. The number of aryl methyl sites for hydroxylation is 1. The number of carboxylic acids is 1. The van der Waals surface area contributed by atoms with Gasteiger partial charge in [-0.15, -0.1) is 11.3 Å². The third kappa shape index (κ3) is 4.62. The van der Waals surface area contributed by atoms with Gasteiger partial charge < -0.3 is 20.5 Å². The molecule has 1 aliphatic carbocycles. The number of benzene rings is 2. The Bertz CT molecular complexity index is 1130. The van der Waals surface area contributed by atoms with Gasteiger partial charge in [-0.1, -0.05) is 48.5 Å². The van der Waals surface area contributed by atoms with Crippen molar-refractivity contribution >= 4 is 34.4 Å². The summed E-state index contributed by atoms with van der Waals surface area (Å²) < 4.78 is 5.42. The summed E-state index contributed by atoms with van der Waals surface area (Å²) in [6, 6.07) is 14.6. The molecule has 4 rings (SSSR count). The Hall–Kier alpha value is -3.72. The lowest BCUT2D eigenvalue weighted by Gasteiger charge is -2.18. The molecule has 0 saturated heterocycles. The molecule has 3 aromatic rings. The Morgan fingerprint density at radius 3 is 2.28 bits per heavy atom. The molecule has 0 fully saturated rings. The van der Waals surface area contributed by atoms with Crippen molar-refractivity contribution in [3.8, 4) is 11.1 Å². The third-order valence-electron chi connectivity index (χ3n) is 5.18. The third-order valence-corrected chi connectivity index (χ3v) is 6.01. The number of thiazole rings is 1. The lowest BCUT2D eigenvalue weighted by molar-refractivity contribution is -0.139. The molecule has 2 aromatic carbocycles. The molecular formula is C23H21N3O5S. The van der Waals surface area contributed by atoms with Crippen LogP contribution in [0.4, 0.5) is 9.93 Å². The molecule has 1 atom stereocenters. The minimum absolute atomic E-state index is 0.0624. The van der Waals surface area contributed by atoms with Gasteiger partial charge in [0.15, 0.2) is 5.13 Å². The highest BCUT2D eigenvalue weighted by molar-refractivity contribution is 7.15. The standard InChI is InChI=1S/C23H21N3O5S/c1-13-11-24-22(32-13)26-21(29)19(10-20(27)28)25-23(30)31-12-18-16-8-4-2-6-14(16)15-7-3-5-9-17(15)18/h2-9,11,18-19H,10,12H2,1H3,(H,25,30)(H,27,28)(H,24,26,29). The van der Waals surface area contributed by atoms with Crippen molar-refractivity contribution in [2.45, 2.75) is 25.3 Å². The van der Waals surface area contributed by atoms with Crippen LogP contribution in [0.15, 0.2) is 54.7 Å². The molecule has 0 saturated carbocycles. The van der Waals surface area contributed by atoms with E-state index in [1.807, 2.05) is 55.5 Å². The fourth-order valence-corrected chi connectivity index (χ4v) is 4.44. The molecular weight excluding hydrogens is 430 g/mol. The zero-order chi connectivity index (χ0) is 22.7. The second-order valence-corrected chi connectivity index (χ2v) is 8.62. The Balaban J connectivity index is 1.42. The van der Waals surface area contributed by atoms with Crippen LogP contribution in [0.1, 0.15) is 28.3 Å². The highest BCUT2D eigenvalue weighted by Gasteiger charge is 2.30. The molecule has 32 heavy (non-hydrogen) atoms. The molecule has 164 valence electrons. The Morgan fingerprint density at radius 2 is 1.72 bits per heavy atom. The second-order valence-electron chi connectivity index (χ2n) is 7.39. The normalized spacial score (nSPS) is 13.0. The van der Waals surface area contributed by atoms with Crippen LogP contribution in [0.2, 0.25) is 0 Å². The van der Waals surface area contributed by atoms with Gasteiger partial charge in [0.05, 0.1) is 6.42 Å². The number of amides is 2. The van der Waals surface area contributed by atoms with Crippen LogP contribution < -0.4 is 10.6 Å². The number of carbonyl (C=O) groups is 3. The molecule has 1 unspecified atom stereocenters. The monoisotopic (exact) mass is 451 g/mol. The maximum atomic E-state index is 12.5. The van der Waals surface area contributed by atoms with Crippen molar-refractivity contribution in [3.63, 3.8) is 0 Å². The molecule has 0 bridgehead atoms. The molecule has 0 spiro atoms. The van der Waals surface area contributed by atoms with Crippen molar-refractivity contribution in [1.29, 1.82) is 0 Å². The number of alkyl carbamates (subject to hydrolysis) is 1. The van der Waals surface area contributed by atoms with E-state index in [9.17, 15) is 14.4 Å². The number of fused-ring (bicyclic) bond motifs is 3. The molecule has 0 aliphatic heterocycles. The molecule has 1 aliphatic rings. The van der Waals surface area contributed by atoms with Gasteiger partial charge in [-0.2, -0.15) is 0 Å². The van der Waals surface area contributed by atoms with Gasteiger partial charge in [-0.05, 0) is 29.2 Å². The molecule has 3 N–H and O–H groups in total. The number of nitrogens with zero attached hydrogens (tertiary/aromatic N) is 1. The van der Waals surface area contributed by atoms with E-state index in [1.54, 1.807) is 6.20 Å². The summed E-state index contributed by atoms with van der Waals surface area (Å²) in [7, 11) is 0. The number of nitrogens with one attached hydrogen (secondary N) is 2. The summed E-state index contributed by atoms with van der Waals surface area (Å²) in [6.45, 7) is 1.89. The molecule has 1 aromatic heterocycles. The van der Waals surface area contributed by atoms with E-state index < -0.39 is 30.4 Å². The van der Waals surface area contributed by atoms with Gasteiger partial charge in [0.2, 0.25) is 5.91 Å². The first kappa shape index (κ1) is 21.5. The average molecular weight is 452 g/mol. The predicted molar refractivity (Wildman–Crippen MR) is 120 cm³/mol. The van der Waals surface area contributed by atoms with E-state index >= 15 is 0 Å². The van der Waals surface area contributed by atoms with E-state index in [4.69, 9.17) is 9.84 Å². The first-order valence-electron chi connectivity index (χ1n) is 9.99. The number of aromatic nitrogens is 1. The summed E-state index contributed by atoms with van der Waals surface area (Å²) in [4.78, 5) is 41.1. The van der Waals surface area contributed by atoms with Gasteiger partial charge in [-0.25, -0.2) is 9.78 Å². The lowest BCUT2D eigenvalue weighted by Crippen LogP contribution is -2.45. The number of carboxylic acid groups (broad SMARTS) is 1. The van der Waals surface area contributed by atoms with E-state index in [2.05, 4.69) is 15.6 Å². The zero-order valence-corrected chi connectivity index (χ0v) is 18.0. The molecule has 1 heterocycles. The fourth-order valence-electron chi connectivity index (χ4n) is 3.77. The summed E-state index contributed by atoms with van der Waals surface area (Å²) in [5, 5.41) is 14.4. The number of aliphatic carboxylic acids is 1. The Morgan fingerprint density at radius 1 is 1.09 bits per heavy atom. The van der Waals surface area contributed by atoms with E-state index in [1.165, 1.54) is 11.3 Å². The predicted octanol–water partition coefficient (Wildman–Crippen LogP) is 3.77. The lowest BCUT2D eigenvalue weighted by atomic mass is 9.98. The van der Waals surface area contributed by atoms with Crippen LogP contribution >= 0.6 is 11.3 Å². The number of anilines is 1. The summed E-state index contributed by atoms with van der Waals surface area (Å²) in [6.07, 6.45) is 0.148. The Kier molecular flexibility index (Phi) is 6.18. The molecule has 0 radical (unpaired) electrons. The van der Waals surface area contributed by atoms with Crippen LogP contribution in [0, 0.1) is 6.92 Å². The van der Waals surface area contributed by atoms with Gasteiger partial charge in [0.1, 0.15) is 12.6 Å². The first-order chi connectivity index (χ1) is 15.4. The van der Waals surface area contributed by atoms with E-state index in [0.29, 0.717) is 5.13 Å². The van der Waals surface area contributed by atoms with Crippen LogP contribution in [0.5, 0.6) is 0 Å². The highest BCUT2D eigenvalue weighted by Crippen LogP contribution is 2.44. The van der Waals surface area contributed by atoms with Gasteiger partial charge in [0, 0.05) is 17.0 Å². The maximum Gasteiger partial charge on any atom is 0.407 e.